The van der Waals surface area contributed by atoms with Crippen LogP contribution in [0, 0.1) is 5.41 Å². The molecule has 0 bridgehead atoms. The van der Waals surface area contributed by atoms with Gasteiger partial charge in [0.15, 0.2) is 0 Å². The number of pyridine rings is 1. The van der Waals surface area contributed by atoms with Crippen molar-refractivity contribution in [2.45, 2.75) is 26.8 Å². The van der Waals surface area contributed by atoms with Gasteiger partial charge < -0.3 is 15.2 Å². The molecule has 0 radical (unpaired) electrons. The minimum absolute atomic E-state index is 0.141. The predicted octanol–water partition coefficient (Wildman–Crippen LogP) is 4.86. The Morgan fingerprint density at radius 3 is 2.41 bits per heavy atom. The van der Waals surface area contributed by atoms with E-state index in [4.69, 9.17) is 22.0 Å². The molecule has 3 heterocycles. The van der Waals surface area contributed by atoms with E-state index in [2.05, 4.69) is 46.1 Å². The molecular weight excluding hydrogens is 484 g/mol. The second-order valence-electron chi connectivity index (χ2n) is 9.63. The van der Waals surface area contributed by atoms with Gasteiger partial charge >= 0.3 is 0 Å². The molecular formula is C29H31ClN6O. The van der Waals surface area contributed by atoms with E-state index in [1.165, 1.54) is 5.69 Å². The van der Waals surface area contributed by atoms with E-state index in [0.717, 1.165) is 42.7 Å². The highest BCUT2D eigenvalue weighted by atomic mass is 35.5. The molecule has 1 aliphatic heterocycles. The molecule has 0 atom stereocenters. The Hall–Kier alpha value is -3.55. The molecule has 2 aromatic heterocycles. The van der Waals surface area contributed by atoms with E-state index >= 15 is 0 Å². The number of anilines is 1. The first kappa shape index (κ1) is 25.1. The standard InChI is InChI=1S/C29H31ClN6O/c1-4-36-28-22(16-25(29(36)37)24-10-7-21(19(2)31)17-26(24)30)18-32-27(33-28)15-20-5-8-23(9-6-20)35-13-11-34(3)12-14-35/h5-10,16-18,31H,4,11-15H2,1-3H3. The molecule has 1 N–H and O–H groups in total. The fourth-order valence-electron chi connectivity index (χ4n) is 4.80. The Balaban J connectivity index is 1.44. The zero-order valence-corrected chi connectivity index (χ0v) is 22.2. The van der Waals surface area contributed by atoms with Gasteiger partial charge in [-0.05, 0) is 56.3 Å². The summed E-state index contributed by atoms with van der Waals surface area (Å²) in [6, 6.07) is 15.8. The zero-order chi connectivity index (χ0) is 26.1. The summed E-state index contributed by atoms with van der Waals surface area (Å²) >= 11 is 6.53. The Morgan fingerprint density at radius 2 is 1.76 bits per heavy atom. The van der Waals surface area contributed by atoms with E-state index in [9.17, 15) is 4.79 Å². The lowest BCUT2D eigenvalue weighted by Gasteiger charge is -2.34. The predicted molar refractivity (Wildman–Crippen MR) is 151 cm³/mol. The van der Waals surface area contributed by atoms with Gasteiger partial charge in [0.05, 0.1) is 0 Å². The molecule has 37 heavy (non-hydrogen) atoms. The number of aromatic nitrogens is 3. The Kier molecular flexibility index (Phi) is 7.09. The molecule has 0 amide bonds. The first-order chi connectivity index (χ1) is 17.8. The number of fused-ring (bicyclic) bond motifs is 1. The number of aryl methyl sites for hydroxylation is 1. The summed E-state index contributed by atoms with van der Waals surface area (Å²) in [5.74, 6) is 0.679. The number of rotatable bonds is 6. The highest BCUT2D eigenvalue weighted by Gasteiger charge is 2.17. The van der Waals surface area contributed by atoms with Crippen LogP contribution in [0.15, 0.2) is 59.5 Å². The summed E-state index contributed by atoms with van der Waals surface area (Å²) in [5, 5.41) is 9.07. The van der Waals surface area contributed by atoms with Crippen molar-refractivity contribution in [3.63, 3.8) is 0 Å². The van der Waals surface area contributed by atoms with Crippen LogP contribution < -0.4 is 10.5 Å². The first-order valence-corrected chi connectivity index (χ1v) is 13.0. The fraction of sp³-hybridized carbons (Fsp3) is 0.310. The summed E-state index contributed by atoms with van der Waals surface area (Å²) in [6.07, 6.45) is 2.38. The van der Waals surface area contributed by atoms with Crippen LogP contribution in [-0.2, 0) is 13.0 Å². The highest BCUT2D eigenvalue weighted by molar-refractivity contribution is 6.33. The fourth-order valence-corrected chi connectivity index (χ4v) is 5.09. The Bertz CT molecular complexity index is 1520. The topological polar surface area (TPSA) is 78.1 Å². The molecule has 5 rings (SSSR count). The number of benzene rings is 2. The third kappa shape index (κ3) is 5.15. The molecule has 0 aliphatic carbocycles. The van der Waals surface area contributed by atoms with Gasteiger partial charge in [0.1, 0.15) is 11.5 Å². The van der Waals surface area contributed by atoms with E-state index in [-0.39, 0.29) is 5.56 Å². The average Bonchev–Trinajstić information content (AvgIpc) is 2.89. The van der Waals surface area contributed by atoms with Crippen molar-refractivity contribution in [3.8, 4) is 11.1 Å². The van der Waals surface area contributed by atoms with E-state index < -0.39 is 0 Å². The molecule has 0 saturated carbocycles. The van der Waals surface area contributed by atoms with Crippen LogP contribution in [-0.4, -0.2) is 58.4 Å². The van der Waals surface area contributed by atoms with Crippen molar-refractivity contribution in [1.29, 1.82) is 5.41 Å². The second-order valence-corrected chi connectivity index (χ2v) is 10.0. The SMILES string of the molecule is CCn1c(=O)c(-c2ccc(C(C)=N)cc2Cl)cc2cnc(Cc3ccc(N4CCN(C)CC4)cc3)nc21. The van der Waals surface area contributed by atoms with E-state index in [0.29, 0.717) is 46.3 Å². The van der Waals surface area contributed by atoms with Gasteiger partial charge in [-0.1, -0.05) is 35.9 Å². The Morgan fingerprint density at radius 1 is 1.03 bits per heavy atom. The van der Waals surface area contributed by atoms with Crippen LogP contribution in [0.1, 0.15) is 30.8 Å². The third-order valence-corrected chi connectivity index (χ3v) is 7.37. The molecule has 4 aromatic rings. The van der Waals surface area contributed by atoms with Gasteiger partial charge in [0.25, 0.3) is 5.56 Å². The normalized spacial score (nSPS) is 14.3. The lowest BCUT2D eigenvalue weighted by atomic mass is 10.0. The van der Waals surface area contributed by atoms with Crippen molar-refractivity contribution in [2.75, 3.05) is 38.1 Å². The molecule has 1 aliphatic rings. The third-order valence-electron chi connectivity index (χ3n) is 7.05. The highest BCUT2D eigenvalue weighted by Crippen LogP contribution is 2.29. The first-order valence-electron chi connectivity index (χ1n) is 12.6. The summed E-state index contributed by atoms with van der Waals surface area (Å²) in [4.78, 5) is 27.6. The summed E-state index contributed by atoms with van der Waals surface area (Å²) < 4.78 is 1.68. The van der Waals surface area contributed by atoms with Crippen LogP contribution in [0.3, 0.4) is 0 Å². The monoisotopic (exact) mass is 514 g/mol. The summed E-state index contributed by atoms with van der Waals surface area (Å²) in [7, 11) is 2.16. The molecule has 8 heteroatoms. The summed E-state index contributed by atoms with van der Waals surface area (Å²) in [6.45, 7) is 8.36. The number of hydrogen-bond acceptors (Lipinski definition) is 6. The van der Waals surface area contributed by atoms with Crippen LogP contribution in [0.5, 0.6) is 0 Å². The number of likely N-dealkylation sites (N-methyl/N-ethyl adjacent to an activating group) is 1. The second kappa shape index (κ2) is 10.4. The smallest absolute Gasteiger partial charge is 0.260 e. The van der Waals surface area contributed by atoms with Crippen LogP contribution in [0.25, 0.3) is 22.2 Å². The maximum absolute atomic E-state index is 13.5. The van der Waals surface area contributed by atoms with Crippen LogP contribution >= 0.6 is 11.6 Å². The maximum Gasteiger partial charge on any atom is 0.260 e. The number of halogens is 1. The van der Waals surface area contributed by atoms with Crippen molar-refractivity contribution in [3.05, 3.63) is 87.1 Å². The van der Waals surface area contributed by atoms with Crippen LogP contribution in [0.2, 0.25) is 5.02 Å². The molecule has 0 unspecified atom stereocenters. The largest absolute Gasteiger partial charge is 0.369 e. The van der Waals surface area contributed by atoms with Crippen molar-refractivity contribution in [2.24, 2.45) is 0 Å². The minimum atomic E-state index is -0.141. The quantitative estimate of drug-likeness (QED) is 0.372. The van der Waals surface area contributed by atoms with Crippen molar-refractivity contribution < 1.29 is 0 Å². The molecule has 1 fully saturated rings. The molecule has 0 spiro atoms. The minimum Gasteiger partial charge on any atom is -0.369 e. The van der Waals surface area contributed by atoms with Gasteiger partial charge in [-0.15, -0.1) is 0 Å². The molecule has 190 valence electrons. The van der Waals surface area contributed by atoms with Gasteiger partial charge in [-0.3, -0.25) is 9.36 Å². The number of nitrogens with zero attached hydrogens (tertiary/aromatic N) is 5. The molecule has 7 nitrogen and oxygen atoms in total. The van der Waals surface area contributed by atoms with Gasteiger partial charge in [0, 0.05) is 78.3 Å². The molecule has 2 aromatic carbocycles. The van der Waals surface area contributed by atoms with E-state index in [1.54, 1.807) is 29.8 Å². The van der Waals surface area contributed by atoms with Gasteiger partial charge in [0.2, 0.25) is 0 Å². The number of hydrogen-bond donors (Lipinski definition) is 1. The average molecular weight is 515 g/mol. The lowest BCUT2D eigenvalue weighted by molar-refractivity contribution is 0.313. The number of piperazine rings is 1. The molecule has 1 saturated heterocycles. The van der Waals surface area contributed by atoms with Gasteiger partial charge in [-0.25, -0.2) is 9.97 Å². The summed E-state index contributed by atoms with van der Waals surface area (Å²) in [5.41, 5.74) is 5.16. The van der Waals surface area contributed by atoms with E-state index in [1.807, 2.05) is 19.1 Å². The zero-order valence-electron chi connectivity index (χ0n) is 21.5. The number of nitrogens with one attached hydrogen (secondary N) is 1. The van der Waals surface area contributed by atoms with Crippen molar-refractivity contribution >= 4 is 34.0 Å². The van der Waals surface area contributed by atoms with Crippen molar-refractivity contribution in [1.82, 2.24) is 19.4 Å². The Labute approximate surface area is 221 Å². The lowest BCUT2D eigenvalue weighted by Crippen LogP contribution is -2.44. The van der Waals surface area contributed by atoms with Gasteiger partial charge in [-0.2, -0.15) is 0 Å². The maximum atomic E-state index is 13.5. The van der Waals surface area contributed by atoms with Crippen LogP contribution in [0.4, 0.5) is 5.69 Å².